The van der Waals surface area contributed by atoms with E-state index in [0.717, 1.165) is 17.1 Å². The van der Waals surface area contributed by atoms with E-state index in [1.165, 1.54) is 18.2 Å². The molecule has 0 radical (unpaired) electrons. The Morgan fingerprint density at radius 2 is 1.76 bits per heavy atom. The average molecular weight is 651 g/mol. The molecule has 2 heterocycles. The van der Waals surface area contributed by atoms with Crippen molar-refractivity contribution in [3.05, 3.63) is 72.8 Å². The molecule has 16 nitrogen and oxygen atoms in total. The number of carboxylic acids is 1. The third-order valence-corrected chi connectivity index (χ3v) is 8.06. The molecule has 5 aromatic rings. The van der Waals surface area contributed by atoms with Gasteiger partial charge in [-0.05, 0) is 72.8 Å². The van der Waals surface area contributed by atoms with Crippen molar-refractivity contribution >= 4 is 72.9 Å². The van der Waals surface area contributed by atoms with Gasteiger partial charge in [0.15, 0.2) is 5.71 Å². The van der Waals surface area contributed by atoms with Crippen molar-refractivity contribution in [2.75, 3.05) is 5.01 Å². The number of nitrogens with one attached hydrogen (secondary N) is 1. The summed E-state index contributed by atoms with van der Waals surface area (Å²) in [7, 11) is -4.47. The number of carbonyl (C=O) groups is 2. The second-order valence-corrected chi connectivity index (χ2v) is 11.6. The summed E-state index contributed by atoms with van der Waals surface area (Å²) < 4.78 is 36.2. The lowest BCUT2D eigenvalue weighted by atomic mass is 10.1. The first-order chi connectivity index (χ1) is 21.5. The minimum atomic E-state index is -4.47. The Balaban J connectivity index is 1.24. The molecule has 1 aliphatic rings. The smallest absolute Gasteiger partial charge is 0.355 e. The Kier molecular flexibility index (Phi) is 7.74. The van der Waals surface area contributed by atoms with Crippen molar-refractivity contribution in [2.45, 2.75) is 15.8 Å². The first-order valence-electron chi connectivity index (χ1n) is 12.6. The van der Waals surface area contributed by atoms with Crippen LogP contribution < -0.4 is 5.01 Å². The lowest BCUT2D eigenvalue weighted by molar-refractivity contribution is -0.432. The Morgan fingerprint density at radius 1 is 1.02 bits per heavy atom. The van der Waals surface area contributed by atoms with E-state index in [4.69, 9.17) is 9.81 Å². The van der Waals surface area contributed by atoms with Crippen LogP contribution in [0.5, 0.6) is 5.75 Å². The highest BCUT2D eigenvalue weighted by Gasteiger charge is 2.41. The number of azo groups is 1. The molecule has 1 amide bonds. The highest BCUT2D eigenvalue weighted by Crippen LogP contribution is 2.36. The fourth-order valence-electron chi connectivity index (χ4n) is 4.56. The lowest BCUT2D eigenvalue weighted by Gasteiger charge is -2.12. The number of carboxylic acid groups (broad SMARTS) is 1. The number of aromatic amines is 1. The number of aromatic nitrogens is 2. The highest BCUT2D eigenvalue weighted by molar-refractivity contribution is 7.94. The molecule has 1 unspecified atom stereocenters. The van der Waals surface area contributed by atoms with E-state index in [1.54, 1.807) is 42.5 Å². The van der Waals surface area contributed by atoms with Crippen molar-refractivity contribution in [2.24, 2.45) is 15.3 Å². The summed E-state index contributed by atoms with van der Waals surface area (Å²) in [4.78, 5) is 32.7. The van der Waals surface area contributed by atoms with E-state index in [9.17, 15) is 28.2 Å². The van der Waals surface area contributed by atoms with Crippen molar-refractivity contribution in [3.63, 3.8) is 0 Å². The summed E-state index contributed by atoms with van der Waals surface area (Å²) in [6.45, 7) is 0. The molecule has 0 bridgehead atoms. The van der Waals surface area contributed by atoms with Crippen LogP contribution >= 0.6 is 12.0 Å². The zero-order valence-electron chi connectivity index (χ0n) is 22.3. The van der Waals surface area contributed by atoms with Gasteiger partial charge in [-0.2, -0.15) is 28.8 Å². The van der Waals surface area contributed by atoms with Crippen LogP contribution in [-0.2, 0) is 29.1 Å². The van der Waals surface area contributed by atoms with Gasteiger partial charge in [0.25, 0.3) is 16.0 Å². The van der Waals surface area contributed by atoms with E-state index in [0.29, 0.717) is 55.8 Å². The van der Waals surface area contributed by atoms with E-state index in [-0.39, 0.29) is 11.4 Å². The van der Waals surface area contributed by atoms with Gasteiger partial charge in [0, 0.05) is 21.2 Å². The number of aliphatic carboxylic acids is 1. The topological polar surface area (TPSA) is 237 Å². The quantitative estimate of drug-likeness (QED) is 0.0480. The molecule has 0 fully saturated rings. The summed E-state index contributed by atoms with van der Waals surface area (Å²) >= 11 is 0.697. The molecule has 0 spiro atoms. The van der Waals surface area contributed by atoms with Gasteiger partial charge in [0.05, 0.1) is 39.3 Å². The van der Waals surface area contributed by atoms with Gasteiger partial charge < -0.3 is 15.2 Å². The van der Waals surface area contributed by atoms with Gasteiger partial charge in [-0.15, -0.1) is 4.33 Å². The Labute approximate surface area is 256 Å². The monoisotopic (exact) mass is 650 g/mol. The number of hydrogen-bond acceptors (Lipinski definition) is 13. The van der Waals surface area contributed by atoms with Crippen LogP contribution in [-0.4, -0.2) is 62.0 Å². The molecular weight excluding hydrogens is 632 g/mol. The third-order valence-electron chi connectivity index (χ3n) is 6.63. The molecule has 1 aliphatic heterocycles. The number of imidazole rings is 1. The fourth-order valence-corrected chi connectivity index (χ4v) is 5.48. The van der Waals surface area contributed by atoms with Gasteiger partial charge in [0.2, 0.25) is 6.04 Å². The number of H-pyrrole nitrogens is 1. The van der Waals surface area contributed by atoms with E-state index < -0.39 is 38.6 Å². The maximum atomic E-state index is 13.0. The first kappa shape index (κ1) is 29.8. The number of phenols is 1. The third kappa shape index (κ3) is 5.83. The van der Waals surface area contributed by atoms with Crippen LogP contribution in [0.4, 0.5) is 11.4 Å². The summed E-state index contributed by atoms with van der Waals surface area (Å²) in [5.74, 6) is -1.85. The van der Waals surface area contributed by atoms with Crippen LogP contribution in [0, 0.1) is 0 Å². The largest absolute Gasteiger partial charge is 0.507 e. The fraction of sp³-hybridized carbons (Fsp3) is 0.0370. The molecule has 1 aromatic heterocycles. The van der Waals surface area contributed by atoms with Crippen LogP contribution in [0.15, 0.2) is 97.9 Å². The maximum Gasteiger partial charge on any atom is 0.355 e. The number of aromatic hydroxyl groups is 1. The second-order valence-electron chi connectivity index (χ2n) is 9.38. The molecule has 0 aliphatic carbocycles. The van der Waals surface area contributed by atoms with Gasteiger partial charge in [-0.25, -0.2) is 15.0 Å². The van der Waals surface area contributed by atoms with E-state index in [1.807, 2.05) is 0 Å². The van der Waals surface area contributed by atoms with Gasteiger partial charge in [-0.3, -0.25) is 9.35 Å². The number of anilines is 1. The summed E-state index contributed by atoms with van der Waals surface area (Å²) in [5.41, 5.74) is 1.67. The number of benzene rings is 4. The van der Waals surface area contributed by atoms with Crippen LogP contribution in [0.3, 0.4) is 0 Å². The van der Waals surface area contributed by atoms with Crippen molar-refractivity contribution < 1.29 is 47.4 Å². The SMILES string of the molecule is O=C(O)C1=NN(c2ccc(S(=O)(=O)O)cc2)C(=O)C1N=Nc1ccc(-c2nc3c(ccc4c(O)cc(SOOO)cc43)[nH]2)cc1. The Morgan fingerprint density at radius 3 is 2.42 bits per heavy atom. The van der Waals surface area contributed by atoms with Gasteiger partial charge in [-0.1, -0.05) is 5.04 Å². The van der Waals surface area contributed by atoms with Gasteiger partial charge in [0.1, 0.15) is 11.6 Å². The van der Waals surface area contributed by atoms with Crippen molar-refractivity contribution in [1.82, 2.24) is 9.97 Å². The van der Waals surface area contributed by atoms with Gasteiger partial charge >= 0.3 is 5.97 Å². The van der Waals surface area contributed by atoms with Crippen LogP contribution in [0.2, 0.25) is 0 Å². The number of fused-ring (bicyclic) bond motifs is 3. The maximum absolute atomic E-state index is 13.0. The molecule has 5 N–H and O–H groups in total. The minimum absolute atomic E-state index is 0.0206. The molecule has 228 valence electrons. The number of carbonyl (C=O) groups excluding carboxylic acids is 1. The number of hydrogen-bond donors (Lipinski definition) is 5. The average Bonchev–Trinajstić information content (AvgIpc) is 3.60. The molecule has 1 atom stereocenters. The number of rotatable bonds is 9. The number of phenolic OH excluding ortho intramolecular Hbond substituents is 1. The zero-order chi connectivity index (χ0) is 31.9. The second kappa shape index (κ2) is 11.7. The zero-order valence-corrected chi connectivity index (χ0v) is 23.9. The normalized spacial score (nSPS) is 15.4. The first-order valence-corrected chi connectivity index (χ1v) is 14.8. The molecule has 0 saturated carbocycles. The van der Waals surface area contributed by atoms with Crippen molar-refractivity contribution in [1.29, 1.82) is 0 Å². The highest BCUT2D eigenvalue weighted by atomic mass is 32.2. The lowest BCUT2D eigenvalue weighted by Crippen LogP contribution is -2.33. The van der Waals surface area contributed by atoms with Crippen LogP contribution in [0.1, 0.15) is 0 Å². The Hall–Kier alpha value is -5.24. The van der Waals surface area contributed by atoms with E-state index >= 15 is 0 Å². The molecule has 6 rings (SSSR count). The molecular formula is C27H18N6O10S2. The van der Waals surface area contributed by atoms with E-state index in [2.05, 4.69) is 34.7 Å². The summed E-state index contributed by atoms with van der Waals surface area (Å²) in [6, 6.07) is 16.1. The standard InChI is InChI=1S/C27H18N6O10S2/c34-21-12-16(44-43-42-38)11-19-18(21)9-10-20-22(19)29-25(28-20)13-1-3-14(4-2-13)30-31-23-24(27(36)37)32-33(26(23)35)15-5-7-17(8-6-15)45(39,40)41/h1-12,23,34,38H,(H,28,29)(H,36,37)(H,39,40,41). The predicted molar refractivity (Wildman–Crippen MR) is 158 cm³/mol. The Bertz CT molecular complexity index is 2150. The minimum Gasteiger partial charge on any atom is -0.507 e. The van der Waals surface area contributed by atoms with Crippen LogP contribution in [0.25, 0.3) is 33.2 Å². The number of amides is 1. The number of hydrazone groups is 1. The number of nitrogens with zero attached hydrogens (tertiary/aromatic N) is 5. The molecule has 45 heavy (non-hydrogen) atoms. The van der Waals surface area contributed by atoms with Crippen molar-refractivity contribution in [3.8, 4) is 17.1 Å². The summed E-state index contributed by atoms with van der Waals surface area (Å²) in [6.07, 6.45) is 0. The molecule has 0 saturated heterocycles. The summed E-state index contributed by atoms with van der Waals surface area (Å²) in [5, 5.41) is 45.8. The predicted octanol–water partition coefficient (Wildman–Crippen LogP) is 4.70. The molecule has 18 heteroatoms. The molecule has 4 aromatic carbocycles.